The summed E-state index contributed by atoms with van der Waals surface area (Å²) < 4.78 is 13.2. The van der Waals surface area contributed by atoms with E-state index in [1.54, 1.807) is 27.9 Å². The molecule has 1 aromatic carbocycles. The summed E-state index contributed by atoms with van der Waals surface area (Å²) in [4.78, 5) is 26.7. The molecule has 4 nitrogen and oxygen atoms in total. The fourth-order valence-corrected chi connectivity index (χ4v) is 1.59. The highest BCUT2D eigenvalue weighted by atomic mass is 19.1. The second kappa shape index (κ2) is 6.31. The number of hydrogen-bond acceptors (Lipinski definition) is 2. The predicted octanol–water partition coefficient (Wildman–Crippen LogP) is 1.68. The van der Waals surface area contributed by atoms with Crippen LogP contribution in [0.2, 0.25) is 0 Å². The minimum Gasteiger partial charge on any atom is -0.347 e. The van der Waals surface area contributed by atoms with Gasteiger partial charge >= 0.3 is 0 Å². The monoisotopic (exact) mass is 266 g/mol. The summed E-state index contributed by atoms with van der Waals surface area (Å²) in [5.74, 6) is -0.751. The lowest BCUT2D eigenvalue weighted by atomic mass is 10.1. The van der Waals surface area contributed by atoms with E-state index in [9.17, 15) is 14.0 Å². The number of aryl methyl sites for hydroxylation is 1. The summed E-state index contributed by atoms with van der Waals surface area (Å²) in [7, 11) is 3.28. The Kier molecular flexibility index (Phi) is 5.03. The van der Waals surface area contributed by atoms with Gasteiger partial charge in [-0.2, -0.15) is 0 Å². The third-order valence-electron chi connectivity index (χ3n) is 2.90. The van der Waals surface area contributed by atoms with Crippen molar-refractivity contribution in [3.8, 4) is 0 Å². The molecule has 0 N–H and O–H groups in total. The largest absolute Gasteiger partial charge is 0.347 e. The van der Waals surface area contributed by atoms with E-state index in [0.29, 0.717) is 17.7 Å². The van der Waals surface area contributed by atoms with Crippen LogP contribution in [0.1, 0.15) is 22.8 Å². The third kappa shape index (κ3) is 3.77. The molecule has 0 aliphatic carbocycles. The number of likely N-dealkylation sites (N-methyl/N-ethyl adjacent to an activating group) is 2. The highest BCUT2D eigenvalue weighted by molar-refractivity contribution is 5.96. The van der Waals surface area contributed by atoms with Gasteiger partial charge in [-0.3, -0.25) is 9.59 Å². The Morgan fingerprint density at radius 3 is 2.37 bits per heavy atom. The molecule has 5 heteroatoms. The van der Waals surface area contributed by atoms with Crippen LogP contribution in [-0.2, 0) is 4.79 Å². The van der Waals surface area contributed by atoms with Gasteiger partial charge in [-0.15, -0.1) is 0 Å². The maximum absolute atomic E-state index is 13.2. The molecule has 0 fully saturated rings. The minimum absolute atomic E-state index is 0.0265. The van der Waals surface area contributed by atoms with Crippen molar-refractivity contribution < 1.29 is 14.0 Å². The number of hydrogen-bond donors (Lipinski definition) is 0. The molecule has 1 rings (SSSR count). The highest BCUT2D eigenvalue weighted by Crippen LogP contribution is 2.11. The fraction of sp³-hybridized carbons (Fsp3) is 0.429. The molecule has 0 aromatic heterocycles. The molecule has 0 radical (unpaired) electrons. The van der Waals surface area contributed by atoms with Gasteiger partial charge in [-0.1, -0.05) is 0 Å². The van der Waals surface area contributed by atoms with Crippen LogP contribution in [0.5, 0.6) is 0 Å². The van der Waals surface area contributed by atoms with Gasteiger partial charge in [0.25, 0.3) is 5.91 Å². The van der Waals surface area contributed by atoms with Crippen molar-refractivity contribution in [2.75, 3.05) is 27.2 Å². The number of halogens is 1. The number of benzene rings is 1. The Bertz CT molecular complexity index is 486. The Hall–Kier alpha value is -1.91. The molecule has 0 saturated carbocycles. The average molecular weight is 266 g/mol. The summed E-state index contributed by atoms with van der Waals surface area (Å²) in [6.07, 6.45) is 0. The van der Waals surface area contributed by atoms with Crippen molar-refractivity contribution in [2.45, 2.75) is 13.8 Å². The van der Waals surface area contributed by atoms with Crippen molar-refractivity contribution in [1.29, 1.82) is 0 Å². The molecule has 104 valence electrons. The molecule has 1 aromatic rings. The molecular weight excluding hydrogens is 247 g/mol. The average Bonchev–Trinajstić information content (AvgIpc) is 2.37. The van der Waals surface area contributed by atoms with Crippen molar-refractivity contribution >= 4 is 11.8 Å². The number of carbonyl (C=O) groups excluding carboxylic acids is 2. The van der Waals surface area contributed by atoms with Gasteiger partial charge in [0, 0.05) is 26.2 Å². The lowest BCUT2D eigenvalue weighted by Crippen LogP contribution is -2.40. The summed E-state index contributed by atoms with van der Waals surface area (Å²) >= 11 is 0. The molecule has 0 atom stereocenters. The smallest absolute Gasteiger partial charge is 0.254 e. The van der Waals surface area contributed by atoms with Crippen LogP contribution in [0.15, 0.2) is 18.2 Å². The molecule has 0 heterocycles. The summed E-state index contributed by atoms with van der Waals surface area (Å²) in [6.45, 7) is 3.86. The SMILES string of the molecule is CCN(CC(=O)N(C)C)C(=O)c1ccc(F)c(C)c1. The van der Waals surface area contributed by atoms with E-state index in [1.165, 1.54) is 28.0 Å². The van der Waals surface area contributed by atoms with E-state index < -0.39 is 0 Å². The quantitative estimate of drug-likeness (QED) is 0.832. The Morgan fingerprint density at radius 1 is 1.26 bits per heavy atom. The molecule has 19 heavy (non-hydrogen) atoms. The second-order valence-electron chi connectivity index (χ2n) is 4.57. The zero-order chi connectivity index (χ0) is 14.6. The maximum Gasteiger partial charge on any atom is 0.254 e. The number of nitrogens with zero attached hydrogens (tertiary/aromatic N) is 2. The fourth-order valence-electron chi connectivity index (χ4n) is 1.59. The van der Waals surface area contributed by atoms with Gasteiger partial charge in [0.2, 0.25) is 5.91 Å². The van der Waals surface area contributed by atoms with Gasteiger partial charge in [0.15, 0.2) is 0 Å². The predicted molar refractivity (Wildman–Crippen MR) is 71.4 cm³/mol. The number of carbonyl (C=O) groups is 2. The Balaban J connectivity index is 2.89. The lowest BCUT2D eigenvalue weighted by molar-refractivity contribution is -0.129. The third-order valence-corrected chi connectivity index (χ3v) is 2.90. The van der Waals surface area contributed by atoms with Crippen LogP contribution < -0.4 is 0 Å². The van der Waals surface area contributed by atoms with E-state index in [0.717, 1.165) is 0 Å². The first-order chi connectivity index (χ1) is 8.86. The molecule has 0 spiro atoms. The van der Waals surface area contributed by atoms with Crippen LogP contribution in [0.3, 0.4) is 0 Å². The topological polar surface area (TPSA) is 40.6 Å². The van der Waals surface area contributed by atoms with Crippen LogP contribution >= 0.6 is 0 Å². The summed E-state index contributed by atoms with van der Waals surface area (Å²) in [5, 5.41) is 0. The second-order valence-corrected chi connectivity index (χ2v) is 4.57. The first-order valence-corrected chi connectivity index (χ1v) is 6.12. The first-order valence-electron chi connectivity index (χ1n) is 6.12. The van der Waals surface area contributed by atoms with E-state index in [-0.39, 0.29) is 24.2 Å². The van der Waals surface area contributed by atoms with Crippen LogP contribution in [-0.4, -0.2) is 48.8 Å². The van der Waals surface area contributed by atoms with Gasteiger partial charge < -0.3 is 9.80 Å². The van der Waals surface area contributed by atoms with E-state index >= 15 is 0 Å². The Labute approximate surface area is 112 Å². The summed E-state index contributed by atoms with van der Waals surface area (Å²) in [5.41, 5.74) is 0.813. The molecule has 2 amide bonds. The van der Waals surface area contributed by atoms with E-state index in [2.05, 4.69) is 0 Å². The van der Waals surface area contributed by atoms with Crippen molar-refractivity contribution in [3.63, 3.8) is 0 Å². The van der Waals surface area contributed by atoms with Gasteiger partial charge in [0.1, 0.15) is 5.82 Å². The number of rotatable bonds is 4. The van der Waals surface area contributed by atoms with Crippen LogP contribution in [0, 0.1) is 12.7 Å². The zero-order valence-electron chi connectivity index (χ0n) is 11.7. The van der Waals surface area contributed by atoms with Crippen molar-refractivity contribution in [2.24, 2.45) is 0 Å². The normalized spacial score (nSPS) is 10.2. The molecule has 0 aliphatic rings. The molecule has 0 unspecified atom stereocenters. The first kappa shape index (κ1) is 15.1. The Morgan fingerprint density at radius 2 is 1.89 bits per heavy atom. The van der Waals surface area contributed by atoms with Crippen molar-refractivity contribution in [1.82, 2.24) is 9.80 Å². The minimum atomic E-state index is -0.344. The van der Waals surface area contributed by atoms with Gasteiger partial charge in [0.05, 0.1) is 6.54 Å². The zero-order valence-corrected chi connectivity index (χ0v) is 11.7. The standard InChI is InChI=1S/C14H19FN2O2/c1-5-17(9-13(18)16(3)4)14(19)11-6-7-12(15)10(2)8-11/h6-8H,5,9H2,1-4H3. The van der Waals surface area contributed by atoms with Crippen LogP contribution in [0.25, 0.3) is 0 Å². The highest BCUT2D eigenvalue weighted by Gasteiger charge is 2.18. The van der Waals surface area contributed by atoms with Crippen molar-refractivity contribution in [3.05, 3.63) is 35.1 Å². The lowest BCUT2D eigenvalue weighted by Gasteiger charge is -2.22. The van der Waals surface area contributed by atoms with E-state index in [1.807, 2.05) is 0 Å². The maximum atomic E-state index is 13.2. The molecular formula is C14H19FN2O2. The van der Waals surface area contributed by atoms with Gasteiger partial charge in [-0.25, -0.2) is 4.39 Å². The number of amides is 2. The molecule has 0 aliphatic heterocycles. The van der Waals surface area contributed by atoms with Crippen LogP contribution in [0.4, 0.5) is 4.39 Å². The molecule has 0 bridgehead atoms. The molecule has 0 saturated heterocycles. The van der Waals surface area contributed by atoms with E-state index in [4.69, 9.17) is 0 Å². The van der Waals surface area contributed by atoms with Gasteiger partial charge in [-0.05, 0) is 37.6 Å². The summed E-state index contributed by atoms with van der Waals surface area (Å²) in [6, 6.07) is 4.21.